The zero-order valence-corrected chi connectivity index (χ0v) is 20.2. The summed E-state index contributed by atoms with van der Waals surface area (Å²) in [5.41, 5.74) is 2.58. The lowest BCUT2D eigenvalue weighted by molar-refractivity contribution is -0.136. The van der Waals surface area contributed by atoms with E-state index in [1.165, 1.54) is 6.26 Å². The minimum absolute atomic E-state index is 0.0880. The molecule has 6 nitrogen and oxygen atoms in total. The van der Waals surface area contributed by atoms with Crippen LogP contribution in [0.4, 0.5) is 11.4 Å². The van der Waals surface area contributed by atoms with Crippen LogP contribution in [0, 0.1) is 11.3 Å². The van der Waals surface area contributed by atoms with Crippen LogP contribution in [-0.4, -0.2) is 36.9 Å². The summed E-state index contributed by atoms with van der Waals surface area (Å²) in [6, 6.07) is 9.18. The van der Waals surface area contributed by atoms with Crippen LogP contribution in [0.5, 0.6) is 0 Å². The van der Waals surface area contributed by atoms with E-state index in [2.05, 4.69) is 46.9 Å². The summed E-state index contributed by atoms with van der Waals surface area (Å²) < 4.78 is 5.19. The van der Waals surface area contributed by atoms with Gasteiger partial charge < -0.3 is 19.5 Å². The number of carbonyl (C=O) groups excluding carboxylic acids is 2. The van der Waals surface area contributed by atoms with Gasteiger partial charge in [-0.15, -0.1) is 0 Å². The lowest BCUT2D eigenvalue weighted by Gasteiger charge is -2.35. The van der Waals surface area contributed by atoms with E-state index in [0.29, 0.717) is 24.6 Å². The molecule has 0 aliphatic carbocycles. The second kappa shape index (κ2) is 10.0. The molecule has 0 saturated heterocycles. The van der Waals surface area contributed by atoms with Crippen LogP contribution < -0.4 is 10.2 Å². The fourth-order valence-electron chi connectivity index (χ4n) is 3.38. The molecule has 0 saturated carbocycles. The summed E-state index contributed by atoms with van der Waals surface area (Å²) in [5, 5.41) is 2.89. The Balaban J connectivity index is 2.36. The Kier molecular flexibility index (Phi) is 7.93. The zero-order valence-electron chi connectivity index (χ0n) is 20.2. The number of nitrogens with one attached hydrogen (secondary N) is 1. The Labute approximate surface area is 186 Å². The fraction of sp³-hybridized carbons (Fsp3) is 0.520. The molecule has 0 fully saturated rings. The van der Waals surface area contributed by atoms with Crippen molar-refractivity contribution in [3.05, 3.63) is 47.9 Å². The highest BCUT2D eigenvalue weighted by Gasteiger charge is 2.27. The van der Waals surface area contributed by atoms with E-state index in [1.807, 2.05) is 42.1 Å². The Morgan fingerprint density at radius 3 is 2.29 bits per heavy atom. The minimum Gasteiger partial charge on any atom is -0.459 e. The molecule has 1 unspecified atom stereocenters. The summed E-state index contributed by atoms with van der Waals surface area (Å²) in [7, 11) is 3.96. The number of anilines is 2. The first-order valence-electron chi connectivity index (χ1n) is 10.8. The van der Waals surface area contributed by atoms with E-state index in [9.17, 15) is 9.59 Å². The number of nitrogens with zero attached hydrogens (tertiary/aromatic N) is 2. The number of hydrogen-bond acceptors (Lipinski definition) is 4. The molecule has 0 radical (unpaired) electrons. The van der Waals surface area contributed by atoms with Gasteiger partial charge in [0.15, 0.2) is 5.76 Å². The average Bonchev–Trinajstić information content (AvgIpc) is 3.18. The Morgan fingerprint density at radius 2 is 1.77 bits per heavy atom. The molecule has 1 aromatic carbocycles. The molecule has 2 rings (SSSR count). The third kappa shape index (κ3) is 6.88. The van der Waals surface area contributed by atoms with Gasteiger partial charge in [-0.1, -0.05) is 34.6 Å². The second-order valence-corrected chi connectivity index (χ2v) is 9.91. The SMILES string of the molecule is CC(C)C(C)N(Cc1cc(NC(=O)c2ccco2)ccc1N(C)C)C(=O)CC(C)(C)C. The van der Waals surface area contributed by atoms with Crippen molar-refractivity contribution in [3.8, 4) is 0 Å². The normalized spacial score (nSPS) is 12.5. The highest BCUT2D eigenvalue weighted by Crippen LogP contribution is 2.28. The molecule has 170 valence electrons. The van der Waals surface area contributed by atoms with Crippen molar-refractivity contribution in [3.63, 3.8) is 0 Å². The summed E-state index contributed by atoms with van der Waals surface area (Å²) in [6.45, 7) is 13.1. The molecule has 0 aliphatic heterocycles. The van der Waals surface area contributed by atoms with Gasteiger partial charge in [0.1, 0.15) is 0 Å². The summed E-state index contributed by atoms with van der Waals surface area (Å²) >= 11 is 0. The Hall–Kier alpha value is -2.76. The van der Waals surface area contributed by atoms with Gasteiger partial charge in [-0.2, -0.15) is 0 Å². The highest BCUT2D eigenvalue weighted by atomic mass is 16.3. The number of benzene rings is 1. The van der Waals surface area contributed by atoms with Gasteiger partial charge in [-0.05, 0) is 54.2 Å². The topological polar surface area (TPSA) is 65.8 Å². The zero-order chi connectivity index (χ0) is 23.3. The maximum atomic E-state index is 13.2. The lowest BCUT2D eigenvalue weighted by atomic mass is 9.90. The van der Waals surface area contributed by atoms with Crippen molar-refractivity contribution in [2.45, 2.75) is 60.5 Å². The molecule has 1 N–H and O–H groups in total. The number of rotatable bonds is 8. The molecular weight excluding hydrogens is 390 g/mol. The summed E-state index contributed by atoms with van der Waals surface area (Å²) in [6.07, 6.45) is 1.96. The van der Waals surface area contributed by atoms with Crippen molar-refractivity contribution >= 4 is 23.2 Å². The average molecular weight is 428 g/mol. The van der Waals surface area contributed by atoms with E-state index < -0.39 is 0 Å². The van der Waals surface area contributed by atoms with Gasteiger partial charge >= 0.3 is 0 Å². The van der Waals surface area contributed by atoms with Crippen molar-refractivity contribution in [1.82, 2.24) is 4.90 Å². The number of carbonyl (C=O) groups is 2. The molecule has 2 aromatic rings. The molecule has 6 heteroatoms. The Morgan fingerprint density at radius 1 is 1.10 bits per heavy atom. The summed E-state index contributed by atoms with van der Waals surface area (Å²) in [4.78, 5) is 29.6. The first-order chi connectivity index (χ1) is 14.4. The standard InChI is InChI=1S/C25H37N3O3/c1-17(2)18(3)28(23(29)15-25(4,5)6)16-19-14-20(11-12-21(19)27(7)8)26-24(30)22-10-9-13-31-22/h9-14,17-18H,15-16H2,1-8H3,(H,26,30). The largest absolute Gasteiger partial charge is 0.459 e. The number of furan rings is 1. The van der Waals surface area contributed by atoms with Crippen LogP contribution in [0.25, 0.3) is 0 Å². The quantitative estimate of drug-likeness (QED) is 0.612. The van der Waals surface area contributed by atoms with E-state index >= 15 is 0 Å². The summed E-state index contributed by atoms with van der Waals surface area (Å²) in [5.74, 6) is 0.426. The maximum Gasteiger partial charge on any atom is 0.291 e. The van der Waals surface area contributed by atoms with Crippen LogP contribution in [0.1, 0.15) is 64.1 Å². The first kappa shape index (κ1) is 24.5. The maximum absolute atomic E-state index is 13.2. The van der Waals surface area contributed by atoms with Crippen molar-refractivity contribution < 1.29 is 14.0 Å². The predicted molar refractivity (Wildman–Crippen MR) is 126 cm³/mol. The van der Waals surface area contributed by atoms with Gasteiger partial charge in [0.25, 0.3) is 5.91 Å². The van der Waals surface area contributed by atoms with Gasteiger partial charge in [-0.3, -0.25) is 9.59 Å². The molecule has 0 spiro atoms. The van der Waals surface area contributed by atoms with E-state index in [-0.39, 0.29) is 29.0 Å². The predicted octanol–water partition coefficient (Wildman–Crippen LogP) is 5.41. The Bertz CT molecular complexity index is 880. The van der Waals surface area contributed by atoms with E-state index in [1.54, 1.807) is 12.1 Å². The van der Waals surface area contributed by atoms with Crippen LogP contribution >= 0.6 is 0 Å². The van der Waals surface area contributed by atoms with Gasteiger partial charge in [0.2, 0.25) is 5.91 Å². The molecule has 0 aliphatic rings. The van der Waals surface area contributed by atoms with Crippen LogP contribution in [0.15, 0.2) is 41.0 Å². The molecule has 0 bridgehead atoms. The second-order valence-electron chi connectivity index (χ2n) is 9.91. The van der Waals surface area contributed by atoms with Crippen molar-refractivity contribution in [2.75, 3.05) is 24.3 Å². The molecule has 31 heavy (non-hydrogen) atoms. The first-order valence-corrected chi connectivity index (χ1v) is 10.8. The van der Waals surface area contributed by atoms with Gasteiger partial charge in [0, 0.05) is 44.5 Å². The third-order valence-electron chi connectivity index (χ3n) is 5.36. The number of hydrogen-bond donors (Lipinski definition) is 1. The van der Waals surface area contributed by atoms with Crippen LogP contribution in [0.3, 0.4) is 0 Å². The monoisotopic (exact) mass is 427 g/mol. The van der Waals surface area contributed by atoms with Gasteiger partial charge in [-0.25, -0.2) is 0 Å². The van der Waals surface area contributed by atoms with Gasteiger partial charge in [0.05, 0.1) is 6.26 Å². The van der Waals surface area contributed by atoms with Crippen LogP contribution in [-0.2, 0) is 11.3 Å². The van der Waals surface area contributed by atoms with E-state index in [0.717, 1.165) is 11.3 Å². The smallest absolute Gasteiger partial charge is 0.291 e. The molecule has 2 amide bonds. The van der Waals surface area contributed by atoms with Crippen LogP contribution in [0.2, 0.25) is 0 Å². The lowest BCUT2D eigenvalue weighted by Crippen LogP contribution is -2.42. The van der Waals surface area contributed by atoms with Crippen molar-refractivity contribution in [1.29, 1.82) is 0 Å². The van der Waals surface area contributed by atoms with Crippen molar-refractivity contribution in [2.24, 2.45) is 11.3 Å². The fourth-order valence-corrected chi connectivity index (χ4v) is 3.38. The molecular formula is C25H37N3O3. The highest BCUT2D eigenvalue weighted by molar-refractivity contribution is 6.02. The molecule has 1 heterocycles. The molecule has 1 aromatic heterocycles. The number of amides is 2. The van der Waals surface area contributed by atoms with E-state index in [4.69, 9.17) is 4.42 Å². The molecule has 1 atom stereocenters. The minimum atomic E-state index is -0.301. The third-order valence-corrected chi connectivity index (χ3v) is 5.36.